The number of carbonyl (C=O) groups excluding carboxylic acids is 2. The molecule has 0 bridgehead atoms. The first-order chi connectivity index (χ1) is 12.0. The van der Waals surface area contributed by atoms with E-state index in [1.165, 1.54) is 25.6 Å². The summed E-state index contributed by atoms with van der Waals surface area (Å²) in [7, 11) is 1.50. The Balaban J connectivity index is 2.22. The highest BCUT2D eigenvalue weighted by Crippen LogP contribution is 2.31. The van der Waals surface area contributed by atoms with Gasteiger partial charge in [0.15, 0.2) is 0 Å². The van der Waals surface area contributed by atoms with E-state index in [0.29, 0.717) is 28.6 Å². The molecule has 0 atom stereocenters. The molecule has 0 aliphatic rings. The second kappa shape index (κ2) is 8.48. The molecule has 0 saturated carbocycles. The monoisotopic (exact) mass is 361 g/mol. The van der Waals surface area contributed by atoms with Gasteiger partial charge >= 0.3 is 0 Å². The number of benzene rings is 1. The summed E-state index contributed by atoms with van der Waals surface area (Å²) < 4.78 is 5.25. The number of nitrogens with zero attached hydrogens (tertiary/aromatic N) is 1. The zero-order valence-electron chi connectivity index (χ0n) is 14.4. The molecule has 1 aromatic carbocycles. The average molecular weight is 362 g/mol. The number of pyridine rings is 1. The molecule has 2 aromatic rings. The third kappa shape index (κ3) is 4.70. The van der Waals surface area contributed by atoms with Crippen LogP contribution < -0.4 is 15.4 Å². The van der Waals surface area contributed by atoms with E-state index in [9.17, 15) is 9.59 Å². The Morgan fingerprint density at radius 3 is 2.48 bits per heavy atom. The highest BCUT2D eigenvalue weighted by atomic mass is 35.5. The first-order valence-corrected chi connectivity index (χ1v) is 8.22. The highest BCUT2D eigenvalue weighted by Gasteiger charge is 2.14. The minimum absolute atomic E-state index is 0.260. The molecule has 1 heterocycles. The number of ether oxygens (including phenoxy) is 1. The molecule has 0 fully saturated rings. The van der Waals surface area contributed by atoms with Crippen LogP contribution >= 0.6 is 11.6 Å². The zero-order valence-corrected chi connectivity index (χ0v) is 15.1. The van der Waals surface area contributed by atoms with Crippen molar-refractivity contribution in [3.63, 3.8) is 0 Å². The number of aryl methyl sites for hydroxylation is 1. The van der Waals surface area contributed by atoms with Gasteiger partial charge in [-0.05, 0) is 31.0 Å². The number of hydrogen-bond donors (Lipinski definition) is 2. The van der Waals surface area contributed by atoms with Gasteiger partial charge in [-0.25, -0.2) is 0 Å². The van der Waals surface area contributed by atoms with Gasteiger partial charge in [-0.2, -0.15) is 0 Å². The van der Waals surface area contributed by atoms with Crippen molar-refractivity contribution in [2.75, 3.05) is 19.0 Å². The smallest absolute Gasteiger partial charge is 0.257 e. The van der Waals surface area contributed by atoms with Gasteiger partial charge in [0.25, 0.3) is 11.8 Å². The molecule has 0 aliphatic heterocycles. The molecule has 0 radical (unpaired) electrons. The molecule has 132 valence electrons. The Hall–Kier alpha value is -2.60. The van der Waals surface area contributed by atoms with Crippen LogP contribution in [-0.2, 0) is 0 Å². The van der Waals surface area contributed by atoms with Gasteiger partial charge < -0.3 is 15.4 Å². The summed E-state index contributed by atoms with van der Waals surface area (Å²) in [6, 6.07) is 4.87. The fourth-order valence-electron chi connectivity index (χ4n) is 2.15. The standard InChI is InChI=1S/C18H20ClN3O3/c1-4-5-21-17(23)12-7-13(10-20-9-12)18(24)22-15-6-11(2)14(19)8-16(15)25-3/h6-10H,4-5H2,1-3H3,(H,21,23)(H,22,24). The lowest BCUT2D eigenvalue weighted by Gasteiger charge is -2.12. The van der Waals surface area contributed by atoms with Crippen LogP contribution in [0.2, 0.25) is 5.02 Å². The van der Waals surface area contributed by atoms with E-state index in [4.69, 9.17) is 16.3 Å². The van der Waals surface area contributed by atoms with Crippen molar-refractivity contribution in [1.82, 2.24) is 10.3 Å². The number of methoxy groups -OCH3 is 1. The Kier molecular flexibility index (Phi) is 6.36. The van der Waals surface area contributed by atoms with Crippen molar-refractivity contribution >= 4 is 29.1 Å². The predicted octanol–water partition coefficient (Wildman–Crippen LogP) is 3.44. The Morgan fingerprint density at radius 2 is 1.84 bits per heavy atom. The lowest BCUT2D eigenvalue weighted by Crippen LogP contribution is -2.24. The topological polar surface area (TPSA) is 80.3 Å². The van der Waals surface area contributed by atoms with Crippen LogP contribution in [-0.4, -0.2) is 30.5 Å². The molecule has 0 saturated heterocycles. The first kappa shape index (κ1) is 18.7. The van der Waals surface area contributed by atoms with E-state index < -0.39 is 5.91 Å². The van der Waals surface area contributed by atoms with Crippen molar-refractivity contribution < 1.29 is 14.3 Å². The molecule has 2 N–H and O–H groups in total. The fraction of sp³-hybridized carbons (Fsp3) is 0.278. The largest absolute Gasteiger partial charge is 0.495 e. The van der Waals surface area contributed by atoms with Gasteiger partial charge in [0.2, 0.25) is 0 Å². The minimum Gasteiger partial charge on any atom is -0.495 e. The van der Waals surface area contributed by atoms with Gasteiger partial charge in [0.1, 0.15) is 5.75 Å². The normalized spacial score (nSPS) is 10.2. The second-order valence-electron chi connectivity index (χ2n) is 5.47. The van der Waals surface area contributed by atoms with Crippen molar-refractivity contribution in [2.24, 2.45) is 0 Å². The van der Waals surface area contributed by atoms with Crippen molar-refractivity contribution in [3.05, 3.63) is 52.3 Å². The van der Waals surface area contributed by atoms with E-state index in [1.54, 1.807) is 12.1 Å². The summed E-state index contributed by atoms with van der Waals surface area (Å²) >= 11 is 6.07. The highest BCUT2D eigenvalue weighted by molar-refractivity contribution is 6.31. The SMILES string of the molecule is CCCNC(=O)c1cncc(C(=O)Nc2cc(C)c(Cl)cc2OC)c1. The molecule has 0 aliphatic carbocycles. The van der Waals surface area contributed by atoms with Crippen molar-refractivity contribution in [2.45, 2.75) is 20.3 Å². The maximum Gasteiger partial charge on any atom is 0.257 e. The molecule has 6 nitrogen and oxygen atoms in total. The average Bonchev–Trinajstić information content (AvgIpc) is 2.62. The summed E-state index contributed by atoms with van der Waals surface area (Å²) in [6.07, 6.45) is 3.66. The Morgan fingerprint density at radius 1 is 1.16 bits per heavy atom. The molecular formula is C18H20ClN3O3. The molecule has 7 heteroatoms. The summed E-state index contributed by atoms with van der Waals surface area (Å²) in [5.74, 6) is -0.199. The van der Waals surface area contributed by atoms with Crippen LogP contribution in [0.1, 0.15) is 39.6 Å². The minimum atomic E-state index is -0.391. The van der Waals surface area contributed by atoms with Crippen molar-refractivity contribution in [3.8, 4) is 5.75 Å². The quantitative estimate of drug-likeness (QED) is 0.825. The van der Waals surface area contributed by atoms with Crippen LogP contribution in [0.4, 0.5) is 5.69 Å². The maximum atomic E-state index is 12.5. The van der Waals surface area contributed by atoms with Crippen LogP contribution in [0.25, 0.3) is 0 Å². The lowest BCUT2D eigenvalue weighted by atomic mass is 10.1. The van der Waals surface area contributed by atoms with Gasteiger partial charge in [-0.1, -0.05) is 18.5 Å². The number of amides is 2. The van der Waals surface area contributed by atoms with Gasteiger partial charge in [-0.15, -0.1) is 0 Å². The van der Waals surface area contributed by atoms with Crippen LogP contribution in [0.15, 0.2) is 30.6 Å². The number of carbonyl (C=O) groups is 2. The molecule has 25 heavy (non-hydrogen) atoms. The van der Waals surface area contributed by atoms with E-state index >= 15 is 0 Å². The number of halogens is 1. The molecule has 0 unspecified atom stereocenters. The predicted molar refractivity (Wildman–Crippen MR) is 97.6 cm³/mol. The number of hydrogen-bond acceptors (Lipinski definition) is 4. The molecule has 0 spiro atoms. The van der Waals surface area contributed by atoms with E-state index in [-0.39, 0.29) is 11.5 Å². The Bertz CT molecular complexity index is 793. The number of anilines is 1. The Labute approximate surface area is 151 Å². The van der Waals surface area contributed by atoms with Gasteiger partial charge in [0, 0.05) is 30.0 Å². The van der Waals surface area contributed by atoms with Crippen LogP contribution in [0.3, 0.4) is 0 Å². The maximum absolute atomic E-state index is 12.5. The van der Waals surface area contributed by atoms with Crippen LogP contribution in [0.5, 0.6) is 5.75 Å². The van der Waals surface area contributed by atoms with E-state index in [2.05, 4.69) is 15.6 Å². The fourth-order valence-corrected chi connectivity index (χ4v) is 2.31. The number of nitrogens with one attached hydrogen (secondary N) is 2. The van der Waals surface area contributed by atoms with Gasteiger partial charge in [-0.3, -0.25) is 14.6 Å². The van der Waals surface area contributed by atoms with Crippen molar-refractivity contribution in [1.29, 1.82) is 0 Å². The number of rotatable bonds is 6. The molecular weight excluding hydrogens is 342 g/mol. The molecule has 2 amide bonds. The summed E-state index contributed by atoms with van der Waals surface area (Å²) in [5.41, 5.74) is 1.91. The third-order valence-electron chi connectivity index (χ3n) is 3.53. The number of aromatic nitrogens is 1. The van der Waals surface area contributed by atoms with E-state index in [0.717, 1.165) is 12.0 Å². The molecule has 2 rings (SSSR count). The lowest BCUT2D eigenvalue weighted by molar-refractivity contribution is 0.0953. The summed E-state index contributed by atoms with van der Waals surface area (Å²) in [6.45, 7) is 4.36. The van der Waals surface area contributed by atoms with Crippen LogP contribution in [0, 0.1) is 6.92 Å². The van der Waals surface area contributed by atoms with E-state index in [1.807, 2.05) is 13.8 Å². The van der Waals surface area contributed by atoms with Gasteiger partial charge in [0.05, 0.1) is 23.9 Å². The third-order valence-corrected chi connectivity index (χ3v) is 3.93. The summed E-state index contributed by atoms with van der Waals surface area (Å²) in [4.78, 5) is 28.5. The second-order valence-corrected chi connectivity index (χ2v) is 5.88. The summed E-state index contributed by atoms with van der Waals surface area (Å²) in [5, 5.41) is 6.06. The molecule has 1 aromatic heterocycles. The zero-order chi connectivity index (χ0) is 18.4. The first-order valence-electron chi connectivity index (χ1n) is 7.85.